The summed E-state index contributed by atoms with van der Waals surface area (Å²) in [4.78, 5) is 19.0. The zero-order chi connectivity index (χ0) is 19.8. The Hall–Kier alpha value is -1.97. The van der Waals surface area contributed by atoms with Crippen molar-refractivity contribution in [1.29, 1.82) is 0 Å². The average Bonchev–Trinajstić information content (AvgIpc) is 3.08. The van der Waals surface area contributed by atoms with Gasteiger partial charge in [-0.2, -0.15) is 4.98 Å². The van der Waals surface area contributed by atoms with E-state index in [9.17, 15) is 13.2 Å². The highest BCUT2D eigenvalue weighted by molar-refractivity contribution is 7.89. The van der Waals surface area contributed by atoms with Crippen LogP contribution >= 0.6 is 11.6 Å². The SMILES string of the molecule is Cc1noc(C2CCCN(C(=O)c3cc(S(=O)(=O)N(C)C)ccc3Cl)C2)n1. The number of carbonyl (C=O) groups excluding carboxylic acids is 1. The van der Waals surface area contributed by atoms with Crippen molar-refractivity contribution in [1.82, 2.24) is 19.3 Å². The number of benzene rings is 1. The molecule has 1 aliphatic heterocycles. The lowest BCUT2D eigenvalue weighted by Gasteiger charge is -2.31. The van der Waals surface area contributed by atoms with Crippen LogP contribution in [-0.2, 0) is 10.0 Å². The molecular weight excluding hydrogens is 392 g/mol. The van der Waals surface area contributed by atoms with Gasteiger partial charge in [-0.1, -0.05) is 16.8 Å². The molecule has 10 heteroatoms. The van der Waals surface area contributed by atoms with E-state index in [1.54, 1.807) is 11.8 Å². The molecule has 146 valence electrons. The van der Waals surface area contributed by atoms with Gasteiger partial charge in [0.2, 0.25) is 15.9 Å². The molecule has 2 aromatic rings. The minimum Gasteiger partial charge on any atom is -0.339 e. The fourth-order valence-corrected chi connectivity index (χ4v) is 4.18. The molecule has 1 aromatic heterocycles. The molecule has 1 fully saturated rings. The maximum Gasteiger partial charge on any atom is 0.255 e. The van der Waals surface area contributed by atoms with Crippen LogP contribution in [0.3, 0.4) is 0 Å². The Kier molecular flexibility index (Phi) is 5.55. The second kappa shape index (κ2) is 7.57. The summed E-state index contributed by atoms with van der Waals surface area (Å²) in [5.74, 6) is 0.714. The molecule has 1 unspecified atom stereocenters. The van der Waals surface area contributed by atoms with Gasteiger partial charge in [0.25, 0.3) is 5.91 Å². The Morgan fingerprint density at radius 1 is 1.37 bits per heavy atom. The van der Waals surface area contributed by atoms with Gasteiger partial charge in [0.05, 0.1) is 21.4 Å². The van der Waals surface area contributed by atoms with Crippen molar-refractivity contribution in [2.45, 2.75) is 30.6 Å². The molecule has 0 radical (unpaired) electrons. The zero-order valence-corrected chi connectivity index (χ0v) is 16.9. The van der Waals surface area contributed by atoms with Crippen molar-refractivity contribution in [3.05, 3.63) is 40.5 Å². The lowest BCUT2D eigenvalue weighted by molar-refractivity contribution is 0.0695. The molecule has 1 aromatic carbocycles. The molecule has 1 aliphatic rings. The summed E-state index contributed by atoms with van der Waals surface area (Å²) in [7, 11) is -0.786. The molecule has 2 heterocycles. The van der Waals surface area contributed by atoms with Gasteiger partial charge in [-0.3, -0.25) is 4.79 Å². The van der Waals surface area contributed by atoms with Crippen molar-refractivity contribution < 1.29 is 17.7 Å². The van der Waals surface area contributed by atoms with E-state index in [1.807, 2.05) is 0 Å². The molecule has 0 spiro atoms. The van der Waals surface area contributed by atoms with E-state index in [4.69, 9.17) is 16.1 Å². The Morgan fingerprint density at radius 2 is 2.11 bits per heavy atom. The van der Waals surface area contributed by atoms with E-state index in [-0.39, 0.29) is 27.3 Å². The summed E-state index contributed by atoms with van der Waals surface area (Å²) in [5.41, 5.74) is 0.168. The molecular formula is C17H21ClN4O4S. The van der Waals surface area contributed by atoms with Gasteiger partial charge in [-0.05, 0) is 38.0 Å². The second-order valence-corrected chi connectivity index (χ2v) is 9.26. The number of hydrogen-bond acceptors (Lipinski definition) is 6. The van der Waals surface area contributed by atoms with Crippen LogP contribution in [0.4, 0.5) is 0 Å². The minimum atomic E-state index is -3.66. The third-order valence-corrected chi connectivity index (χ3v) is 6.69. The van der Waals surface area contributed by atoms with E-state index in [1.165, 1.54) is 32.3 Å². The van der Waals surface area contributed by atoms with Crippen LogP contribution in [0.15, 0.2) is 27.6 Å². The van der Waals surface area contributed by atoms with Crippen molar-refractivity contribution in [3.63, 3.8) is 0 Å². The topological polar surface area (TPSA) is 96.6 Å². The largest absolute Gasteiger partial charge is 0.339 e. The lowest BCUT2D eigenvalue weighted by atomic mass is 9.97. The van der Waals surface area contributed by atoms with Gasteiger partial charge < -0.3 is 9.42 Å². The fraction of sp³-hybridized carbons (Fsp3) is 0.471. The van der Waals surface area contributed by atoms with Gasteiger partial charge in [-0.25, -0.2) is 12.7 Å². The van der Waals surface area contributed by atoms with Crippen LogP contribution in [0.1, 0.15) is 40.8 Å². The fourth-order valence-electron chi connectivity index (χ4n) is 3.05. The maximum atomic E-state index is 13.0. The summed E-state index contributed by atoms with van der Waals surface area (Å²) in [5, 5.41) is 4.02. The van der Waals surface area contributed by atoms with E-state index >= 15 is 0 Å². The second-order valence-electron chi connectivity index (χ2n) is 6.70. The number of carbonyl (C=O) groups is 1. The Labute approximate surface area is 163 Å². The van der Waals surface area contributed by atoms with Crippen LogP contribution in [0, 0.1) is 6.92 Å². The van der Waals surface area contributed by atoms with Gasteiger partial charge >= 0.3 is 0 Å². The number of piperidine rings is 1. The van der Waals surface area contributed by atoms with Crippen LogP contribution in [0.5, 0.6) is 0 Å². The van der Waals surface area contributed by atoms with Crippen molar-refractivity contribution >= 4 is 27.5 Å². The van der Waals surface area contributed by atoms with Crippen molar-refractivity contribution in [2.75, 3.05) is 27.2 Å². The third-order valence-electron chi connectivity index (χ3n) is 4.55. The molecule has 8 nitrogen and oxygen atoms in total. The number of hydrogen-bond donors (Lipinski definition) is 0. The van der Waals surface area contributed by atoms with E-state index in [0.29, 0.717) is 24.8 Å². The van der Waals surface area contributed by atoms with Gasteiger partial charge in [0.1, 0.15) is 0 Å². The van der Waals surface area contributed by atoms with Crippen LogP contribution in [-0.4, -0.2) is 60.9 Å². The lowest BCUT2D eigenvalue weighted by Crippen LogP contribution is -2.39. The summed E-state index contributed by atoms with van der Waals surface area (Å²) in [6.07, 6.45) is 1.62. The minimum absolute atomic E-state index is 0.0290. The molecule has 1 amide bonds. The highest BCUT2D eigenvalue weighted by Gasteiger charge is 2.30. The van der Waals surface area contributed by atoms with E-state index in [0.717, 1.165) is 17.1 Å². The quantitative estimate of drug-likeness (QED) is 0.764. The predicted molar refractivity (Wildman–Crippen MR) is 99.2 cm³/mol. The molecule has 3 rings (SSSR count). The number of rotatable bonds is 4. The number of amides is 1. The Morgan fingerprint density at radius 3 is 2.74 bits per heavy atom. The number of aromatic nitrogens is 2. The number of halogens is 1. The maximum absolute atomic E-state index is 13.0. The molecule has 0 N–H and O–H groups in total. The number of nitrogens with zero attached hydrogens (tertiary/aromatic N) is 4. The predicted octanol–water partition coefficient (Wildman–Crippen LogP) is 2.30. The smallest absolute Gasteiger partial charge is 0.255 e. The van der Waals surface area contributed by atoms with Gasteiger partial charge in [0.15, 0.2) is 5.82 Å². The first-order valence-electron chi connectivity index (χ1n) is 8.51. The van der Waals surface area contributed by atoms with Gasteiger partial charge in [-0.15, -0.1) is 0 Å². The highest BCUT2D eigenvalue weighted by atomic mass is 35.5. The molecule has 0 saturated carbocycles. The first kappa shape index (κ1) is 19.8. The zero-order valence-electron chi connectivity index (χ0n) is 15.3. The summed E-state index contributed by atoms with van der Waals surface area (Å²) in [6.45, 7) is 2.72. The molecule has 27 heavy (non-hydrogen) atoms. The molecule has 0 aliphatic carbocycles. The Balaban J connectivity index is 1.87. The van der Waals surface area contributed by atoms with Gasteiger partial charge in [0, 0.05) is 27.2 Å². The van der Waals surface area contributed by atoms with Crippen LogP contribution < -0.4 is 0 Å². The number of likely N-dealkylation sites (tertiary alicyclic amines) is 1. The normalized spacial score (nSPS) is 18.1. The molecule has 1 saturated heterocycles. The van der Waals surface area contributed by atoms with Crippen molar-refractivity contribution in [2.24, 2.45) is 0 Å². The third kappa shape index (κ3) is 3.99. The van der Waals surface area contributed by atoms with E-state index in [2.05, 4.69) is 10.1 Å². The van der Waals surface area contributed by atoms with Crippen LogP contribution in [0.25, 0.3) is 0 Å². The van der Waals surface area contributed by atoms with Crippen molar-refractivity contribution in [3.8, 4) is 0 Å². The first-order chi connectivity index (χ1) is 12.7. The number of sulfonamides is 1. The van der Waals surface area contributed by atoms with E-state index < -0.39 is 10.0 Å². The average molecular weight is 413 g/mol. The number of aryl methyl sites for hydroxylation is 1. The van der Waals surface area contributed by atoms with Crippen LogP contribution in [0.2, 0.25) is 5.02 Å². The first-order valence-corrected chi connectivity index (χ1v) is 10.3. The summed E-state index contributed by atoms with van der Waals surface area (Å²) >= 11 is 6.20. The molecule has 1 atom stereocenters. The highest BCUT2D eigenvalue weighted by Crippen LogP contribution is 2.29. The summed E-state index contributed by atoms with van der Waals surface area (Å²) < 4.78 is 31.1. The Bertz CT molecular complexity index is 958. The summed E-state index contributed by atoms with van der Waals surface area (Å²) in [6, 6.07) is 4.17. The monoisotopic (exact) mass is 412 g/mol. The standard InChI is InChI=1S/C17H21ClN4O4S/c1-11-19-16(26-20-11)12-5-4-8-22(10-12)17(23)14-9-13(6-7-15(14)18)27(24,25)21(2)3/h6-7,9,12H,4-5,8,10H2,1-3H3. The molecule has 0 bridgehead atoms.